The van der Waals surface area contributed by atoms with E-state index in [1.807, 2.05) is 18.0 Å². The summed E-state index contributed by atoms with van der Waals surface area (Å²) >= 11 is 5.79. The van der Waals surface area contributed by atoms with Gasteiger partial charge in [0.25, 0.3) is 0 Å². The van der Waals surface area contributed by atoms with Crippen LogP contribution in [0.4, 0.5) is 5.69 Å². The molecule has 0 saturated carbocycles. The largest absolute Gasteiger partial charge is 0.372 e. The van der Waals surface area contributed by atoms with Gasteiger partial charge in [0, 0.05) is 19.3 Å². The molecule has 0 amide bonds. The number of aryl methyl sites for hydroxylation is 2. The number of hydrogen-bond donors (Lipinski definition) is 0. The molecule has 0 aliphatic heterocycles. The van der Waals surface area contributed by atoms with Crippen LogP contribution >= 0.6 is 11.6 Å². The first-order valence-electron chi connectivity index (χ1n) is 4.86. The highest BCUT2D eigenvalue weighted by molar-refractivity contribution is 6.22. The summed E-state index contributed by atoms with van der Waals surface area (Å²) in [4.78, 5) is 2.00. The molecule has 1 aromatic carbocycles. The van der Waals surface area contributed by atoms with Crippen molar-refractivity contribution in [1.82, 2.24) is 0 Å². The highest BCUT2D eigenvalue weighted by atomic mass is 35.5. The van der Waals surface area contributed by atoms with Crippen LogP contribution in [0.3, 0.4) is 0 Å². The smallest absolute Gasteiger partial charge is 0.137 e. The van der Waals surface area contributed by atoms with Gasteiger partial charge in [0.05, 0.1) is 6.07 Å². The Kier molecular flexibility index (Phi) is 3.99. The van der Waals surface area contributed by atoms with E-state index in [2.05, 4.69) is 32.0 Å². The first kappa shape index (κ1) is 11.9. The third-order valence-corrected chi connectivity index (χ3v) is 2.46. The molecule has 0 N–H and O–H groups in total. The normalized spacial score (nSPS) is 11.9. The van der Waals surface area contributed by atoms with E-state index >= 15 is 0 Å². The van der Waals surface area contributed by atoms with Crippen molar-refractivity contribution in [1.29, 1.82) is 5.26 Å². The average molecular weight is 223 g/mol. The second kappa shape index (κ2) is 5.04. The molecule has 0 aromatic heterocycles. The van der Waals surface area contributed by atoms with E-state index in [1.165, 1.54) is 11.1 Å². The molecule has 0 heterocycles. The van der Waals surface area contributed by atoms with E-state index in [-0.39, 0.29) is 0 Å². The third-order valence-electron chi connectivity index (χ3n) is 2.22. The first-order chi connectivity index (χ1) is 7.02. The van der Waals surface area contributed by atoms with Crippen LogP contribution in [0.1, 0.15) is 11.1 Å². The van der Waals surface area contributed by atoms with Gasteiger partial charge in [-0.05, 0) is 37.1 Å². The molecule has 3 heteroatoms. The lowest BCUT2D eigenvalue weighted by Gasteiger charge is -2.20. The maximum absolute atomic E-state index is 8.63. The zero-order valence-electron chi connectivity index (χ0n) is 9.29. The van der Waals surface area contributed by atoms with Crippen molar-refractivity contribution in [3.05, 3.63) is 29.3 Å². The Labute approximate surface area is 96.1 Å². The molecular formula is C12H15ClN2. The Balaban J connectivity index is 2.82. The van der Waals surface area contributed by atoms with Crippen LogP contribution in [0.2, 0.25) is 0 Å². The van der Waals surface area contributed by atoms with E-state index in [9.17, 15) is 0 Å². The standard InChI is InChI=1S/C12H15ClN2/c1-9-4-10(2)6-12(5-9)15(3)8-11(13)7-14/h4-6,11H,8H2,1-3H3. The van der Waals surface area contributed by atoms with Gasteiger partial charge in [-0.2, -0.15) is 5.26 Å². The fraction of sp³-hybridized carbons (Fsp3) is 0.417. The number of benzene rings is 1. The minimum Gasteiger partial charge on any atom is -0.372 e. The molecule has 0 bridgehead atoms. The number of anilines is 1. The van der Waals surface area contributed by atoms with Gasteiger partial charge in [0.2, 0.25) is 0 Å². The summed E-state index contributed by atoms with van der Waals surface area (Å²) in [6, 6.07) is 8.33. The summed E-state index contributed by atoms with van der Waals surface area (Å²) in [7, 11) is 1.95. The van der Waals surface area contributed by atoms with Gasteiger partial charge < -0.3 is 4.90 Å². The number of halogens is 1. The fourth-order valence-electron chi connectivity index (χ4n) is 1.56. The van der Waals surface area contributed by atoms with Crippen LogP contribution in [-0.4, -0.2) is 19.0 Å². The van der Waals surface area contributed by atoms with Crippen LogP contribution < -0.4 is 4.90 Å². The van der Waals surface area contributed by atoms with E-state index in [1.54, 1.807) is 0 Å². The highest BCUT2D eigenvalue weighted by Gasteiger charge is 2.08. The van der Waals surface area contributed by atoms with Crippen molar-refractivity contribution in [3.63, 3.8) is 0 Å². The second-order valence-electron chi connectivity index (χ2n) is 3.82. The topological polar surface area (TPSA) is 27.0 Å². The van der Waals surface area contributed by atoms with Crippen molar-refractivity contribution < 1.29 is 0 Å². The van der Waals surface area contributed by atoms with Crippen molar-refractivity contribution in [2.75, 3.05) is 18.5 Å². The van der Waals surface area contributed by atoms with Crippen LogP contribution in [-0.2, 0) is 0 Å². The lowest BCUT2D eigenvalue weighted by molar-refractivity contribution is 0.909. The SMILES string of the molecule is Cc1cc(C)cc(N(C)CC(Cl)C#N)c1. The molecule has 0 aliphatic rings. The Hall–Kier alpha value is -1.20. The minimum atomic E-state index is -0.462. The lowest BCUT2D eigenvalue weighted by atomic mass is 10.1. The summed E-state index contributed by atoms with van der Waals surface area (Å²) in [5.74, 6) is 0. The number of rotatable bonds is 3. The van der Waals surface area contributed by atoms with Gasteiger partial charge >= 0.3 is 0 Å². The zero-order valence-corrected chi connectivity index (χ0v) is 10.0. The first-order valence-corrected chi connectivity index (χ1v) is 5.29. The number of alkyl halides is 1. The Morgan fingerprint density at radius 3 is 2.33 bits per heavy atom. The van der Waals surface area contributed by atoms with Crippen LogP contribution in [0, 0.1) is 25.2 Å². The van der Waals surface area contributed by atoms with E-state index in [0.29, 0.717) is 6.54 Å². The summed E-state index contributed by atoms with van der Waals surface area (Å²) in [6.07, 6.45) is 0. The Morgan fingerprint density at radius 1 is 1.33 bits per heavy atom. The maximum atomic E-state index is 8.63. The fourth-order valence-corrected chi connectivity index (χ4v) is 1.76. The third kappa shape index (κ3) is 3.45. The number of hydrogen-bond acceptors (Lipinski definition) is 2. The predicted molar refractivity (Wildman–Crippen MR) is 64.4 cm³/mol. The molecule has 0 radical (unpaired) electrons. The molecule has 0 spiro atoms. The van der Waals surface area contributed by atoms with E-state index in [4.69, 9.17) is 16.9 Å². The van der Waals surface area contributed by atoms with Crippen molar-refractivity contribution >= 4 is 17.3 Å². The molecule has 1 aromatic rings. The maximum Gasteiger partial charge on any atom is 0.137 e. The monoisotopic (exact) mass is 222 g/mol. The van der Waals surface area contributed by atoms with Gasteiger partial charge in [-0.15, -0.1) is 11.6 Å². The summed E-state index contributed by atoms with van der Waals surface area (Å²) < 4.78 is 0. The molecule has 1 atom stereocenters. The lowest BCUT2D eigenvalue weighted by Crippen LogP contribution is -2.25. The summed E-state index contributed by atoms with van der Waals surface area (Å²) in [5.41, 5.74) is 3.55. The molecular weight excluding hydrogens is 208 g/mol. The van der Waals surface area contributed by atoms with Gasteiger partial charge in [0.1, 0.15) is 5.38 Å². The Bertz CT molecular complexity index is 361. The van der Waals surface area contributed by atoms with Gasteiger partial charge in [-0.25, -0.2) is 0 Å². The second-order valence-corrected chi connectivity index (χ2v) is 4.35. The zero-order chi connectivity index (χ0) is 11.4. The van der Waals surface area contributed by atoms with E-state index in [0.717, 1.165) is 5.69 Å². The molecule has 80 valence electrons. The minimum absolute atomic E-state index is 0.462. The molecule has 1 unspecified atom stereocenters. The highest BCUT2D eigenvalue weighted by Crippen LogP contribution is 2.18. The van der Waals surface area contributed by atoms with Crippen molar-refractivity contribution in [2.24, 2.45) is 0 Å². The quantitative estimate of drug-likeness (QED) is 0.736. The van der Waals surface area contributed by atoms with Crippen molar-refractivity contribution in [2.45, 2.75) is 19.2 Å². The number of nitrogens with zero attached hydrogens (tertiary/aromatic N) is 2. The predicted octanol–water partition coefficient (Wildman–Crippen LogP) is 2.87. The molecule has 15 heavy (non-hydrogen) atoms. The molecule has 0 saturated heterocycles. The average Bonchev–Trinajstić information content (AvgIpc) is 2.16. The van der Waals surface area contributed by atoms with Crippen LogP contribution in [0.5, 0.6) is 0 Å². The van der Waals surface area contributed by atoms with Crippen LogP contribution in [0.15, 0.2) is 18.2 Å². The van der Waals surface area contributed by atoms with Gasteiger partial charge in [0.15, 0.2) is 0 Å². The van der Waals surface area contributed by atoms with Crippen LogP contribution in [0.25, 0.3) is 0 Å². The number of nitriles is 1. The molecule has 1 rings (SSSR count). The molecule has 2 nitrogen and oxygen atoms in total. The van der Waals surface area contributed by atoms with Gasteiger partial charge in [-0.1, -0.05) is 6.07 Å². The van der Waals surface area contributed by atoms with Gasteiger partial charge in [-0.3, -0.25) is 0 Å². The van der Waals surface area contributed by atoms with Crippen molar-refractivity contribution in [3.8, 4) is 6.07 Å². The molecule has 0 fully saturated rings. The van der Waals surface area contributed by atoms with E-state index < -0.39 is 5.38 Å². The summed E-state index contributed by atoms with van der Waals surface area (Å²) in [5, 5.41) is 8.17. The Morgan fingerprint density at radius 2 is 1.87 bits per heavy atom. The summed E-state index contributed by atoms with van der Waals surface area (Å²) in [6.45, 7) is 4.67. The molecule has 0 aliphatic carbocycles.